The van der Waals surface area contributed by atoms with Crippen molar-refractivity contribution < 1.29 is 30.0 Å². The number of nitrogens with one attached hydrogen (secondary N) is 1. The lowest BCUT2D eigenvalue weighted by Crippen LogP contribution is -2.67. The molecule has 0 bridgehead atoms. The van der Waals surface area contributed by atoms with E-state index in [1.54, 1.807) is 5.32 Å². The molecule has 0 aromatic rings. The highest BCUT2D eigenvalue weighted by molar-refractivity contribution is 5.85. The van der Waals surface area contributed by atoms with E-state index in [1.165, 1.54) is 20.8 Å². The van der Waals surface area contributed by atoms with Crippen LogP contribution in [0.4, 0.5) is 4.79 Å². The summed E-state index contributed by atoms with van der Waals surface area (Å²) in [7, 11) is 0. The smallest absolute Gasteiger partial charge is 0.405 e. The van der Waals surface area contributed by atoms with Gasteiger partial charge in [0.15, 0.2) is 5.54 Å². The predicted molar refractivity (Wildman–Crippen MR) is 54.1 cm³/mol. The molecule has 0 aliphatic carbocycles. The van der Waals surface area contributed by atoms with Crippen molar-refractivity contribution in [2.24, 2.45) is 5.41 Å². The van der Waals surface area contributed by atoms with Gasteiger partial charge in [-0.2, -0.15) is 0 Å². The van der Waals surface area contributed by atoms with Gasteiger partial charge in [0.1, 0.15) is 0 Å². The largest absolute Gasteiger partial charge is 0.479 e. The van der Waals surface area contributed by atoms with E-state index in [0.717, 1.165) is 0 Å². The number of aliphatic carboxylic acids is 1. The molecule has 2 unspecified atom stereocenters. The Labute approximate surface area is 92.7 Å². The molecule has 0 saturated carbocycles. The van der Waals surface area contributed by atoms with Gasteiger partial charge in [0, 0.05) is 0 Å². The summed E-state index contributed by atoms with van der Waals surface area (Å²) in [6.45, 7) is 3.57. The van der Waals surface area contributed by atoms with E-state index < -0.39 is 35.7 Å². The van der Waals surface area contributed by atoms with Crippen LogP contribution in [-0.4, -0.2) is 50.7 Å². The third kappa shape index (κ3) is 2.83. The highest BCUT2D eigenvalue weighted by Crippen LogP contribution is 2.28. The predicted octanol–water partition coefficient (Wildman–Crippen LogP) is -0.523. The van der Waals surface area contributed by atoms with Gasteiger partial charge in [-0.1, -0.05) is 20.8 Å². The minimum Gasteiger partial charge on any atom is -0.479 e. The van der Waals surface area contributed by atoms with Gasteiger partial charge in [0.2, 0.25) is 0 Å². The lowest BCUT2D eigenvalue weighted by Gasteiger charge is -2.39. The summed E-state index contributed by atoms with van der Waals surface area (Å²) in [5, 5.41) is 38.1. The maximum Gasteiger partial charge on any atom is 0.405 e. The fraction of sp³-hybridized carbons (Fsp3) is 0.778. The van der Waals surface area contributed by atoms with Crippen molar-refractivity contribution in [1.29, 1.82) is 0 Å². The Kier molecular flexibility index (Phi) is 4.28. The van der Waals surface area contributed by atoms with Crippen LogP contribution in [0.3, 0.4) is 0 Å². The normalized spacial score (nSPS) is 17.3. The van der Waals surface area contributed by atoms with Crippen molar-refractivity contribution in [3.8, 4) is 0 Å². The maximum atomic E-state index is 11.0. The first-order chi connectivity index (χ1) is 7.08. The molecule has 0 aromatic heterocycles. The Morgan fingerprint density at radius 3 is 1.88 bits per heavy atom. The van der Waals surface area contributed by atoms with E-state index in [2.05, 4.69) is 0 Å². The van der Waals surface area contributed by atoms with Crippen LogP contribution in [0.25, 0.3) is 0 Å². The van der Waals surface area contributed by atoms with Gasteiger partial charge in [-0.05, 0) is 5.41 Å². The fourth-order valence-corrected chi connectivity index (χ4v) is 1.36. The molecule has 7 nitrogen and oxygen atoms in total. The number of hydrogen-bond acceptors (Lipinski definition) is 4. The van der Waals surface area contributed by atoms with E-state index in [-0.39, 0.29) is 0 Å². The molecule has 0 saturated heterocycles. The monoisotopic (exact) mass is 235 g/mol. The van der Waals surface area contributed by atoms with E-state index in [9.17, 15) is 14.7 Å². The molecule has 94 valence electrons. The minimum atomic E-state index is -2.32. The van der Waals surface area contributed by atoms with Crippen molar-refractivity contribution in [3.63, 3.8) is 0 Å². The van der Waals surface area contributed by atoms with Gasteiger partial charge in [-0.25, -0.2) is 9.59 Å². The first kappa shape index (κ1) is 14.7. The molecule has 2 atom stereocenters. The number of carboxylic acid groups (broad SMARTS) is 2. The summed E-state index contributed by atoms with van der Waals surface area (Å²) >= 11 is 0. The van der Waals surface area contributed by atoms with Crippen LogP contribution in [0.5, 0.6) is 0 Å². The zero-order valence-corrected chi connectivity index (χ0v) is 9.39. The quantitative estimate of drug-likeness (QED) is 0.446. The fourth-order valence-electron chi connectivity index (χ4n) is 1.36. The van der Waals surface area contributed by atoms with E-state index in [0.29, 0.717) is 0 Å². The Bertz CT molecular complexity index is 284. The molecule has 0 heterocycles. The van der Waals surface area contributed by atoms with E-state index in [4.69, 9.17) is 15.3 Å². The number of aliphatic hydroxyl groups excluding tert-OH is 2. The molecule has 0 aliphatic rings. The second-order valence-electron chi connectivity index (χ2n) is 4.63. The van der Waals surface area contributed by atoms with E-state index in [1.807, 2.05) is 0 Å². The van der Waals surface area contributed by atoms with E-state index >= 15 is 0 Å². The third-order valence-electron chi connectivity index (χ3n) is 2.25. The number of rotatable bonds is 4. The van der Waals surface area contributed by atoms with Crippen molar-refractivity contribution in [1.82, 2.24) is 5.32 Å². The standard InChI is InChI=1S/C9H17NO6/c1-8(2,3)5(12)9(4-11,6(13)14)10-7(15)16/h5,10-12H,4H2,1-3H3,(H,13,14)(H,15,16). The molecule has 0 fully saturated rings. The average Bonchev–Trinajstić information content (AvgIpc) is 2.10. The Morgan fingerprint density at radius 1 is 1.25 bits per heavy atom. The first-order valence-electron chi connectivity index (χ1n) is 4.61. The molecule has 7 heteroatoms. The summed E-state index contributed by atoms with van der Waals surface area (Å²) in [5.41, 5.74) is -3.21. The van der Waals surface area contributed by atoms with Crippen LogP contribution in [0.2, 0.25) is 0 Å². The van der Waals surface area contributed by atoms with Gasteiger partial charge in [0.25, 0.3) is 0 Å². The van der Waals surface area contributed by atoms with Gasteiger partial charge in [-0.3, -0.25) is 0 Å². The topological polar surface area (TPSA) is 127 Å². The summed E-state index contributed by atoms with van der Waals surface area (Å²) in [6.07, 6.45) is -3.20. The van der Waals surface area contributed by atoms with Crippen LogP contribution >= 0.6 is 0 Å². The number of aliphatic hydroxyl groups is 2. The molecular formula is C9H17NO6. The van der Waals surface area contributed by atoms with Gasteiger partial charge >= 0.3 is 12.1 Å². The zero-order valence-electron chi connectivity index (χ0n) is 9.39. The summed E-state index contributed by atoms with van der Waals surface area (Å²) in [5.74, 6) is -1.63. The lowest BCUT2D eigenvalue weighted by atomic mass is 9.76. The van der Waals surface area contributed by atoms with Crippen LogP contribution < -0.4 is 5.32 Å². The lowest BCUT2D eigenvalue weighted by molar-refractivity contribution is -0.157. The molecular weight excluding hydrogens is 218 g/mol. The van der Waals surface area contributed by atoms with Crippen molar-refractivity contribution in [2.45, 2.75) is 32.4 Å². The summed E-state index contributed by atoms with van der Waals surface area (Å²) in [6, 6.07) is 0. The van der Waals surface area contributed by atoms with Crippen molar-refractivity contribution in [2.75, 3.05) is 6.61 Å². The van der Waals surface area contributed by atoms with Crippen molar-refractivity contribution >= 4 is 12.1 Å². The highest BCUT2D eigenvalue weighted by atomic mass is 16.4. The molecule has 0 radical (unpaired) electrons. The van der Waals surface area contributed by atoms with Crippen LogP contribution in [0, 0.1) is 5.41 Å². The highest BCUT2D eigenvalue weighted by Gasteiger charge is 2.51. The van der Waals surface area contributed by atoms with Gasteiger partial charge in [0.05, 0.1) is 12.7 Å². The van der Waals surface area contributed by atoms with Crippen LogP contribution in [-0.2, 0) is 4.79 Å². The molecule has 0 aromatic carbocycles. The third-order valence-corrected chi connectivity index (χ3v) is 2.25. The van der Waals surface area contributed by atoms with Crippen LogP contribution in [0.15, 0.2) is 0 Å². The number of carboxylic acids is 1. The van der Waals surface area contributed by atoms with Gasteiger partial charge < -0.3 is 25.7 Å². The summed E-state index contributed by atoms with van der Waals surface area (Å²) < 4.78 is 0. The zero-order chi connectivity index (χ0) is 13.1. The molecule has 0 spiro atoms. The molecule has 1 amide bonds. The Balaban J connectivity index is 5.36. The first-order valence-corrected chi connectivity index (χ1v) is 4.61. The van der Waals surface area contributed by atoms with Gasteiger partial charge in [-0.15, -0.1) is 0 Å². The maximum absolute atomic E-state index is 11.0. The SMILES string of the molecule is CC(C)(C)C(O)C(CO)(NC(=O)O)C(=O)O. The van der Waals surface area contributed by atoms with Crippen molar-refractivity contribution in [3.05, 3.63) is 0 Å². The number of hydrogen-bond donors (Lipinski definition) is 5. The summed E-state index contributed by atoms with van der Waals surface area (Å²) in [4.78, 5) is 21.5. The number of amides is 1. The average molecular weight is 235 g/mol. The number of carbonyl (C=O) groups is 2. The molecule has 16 heavy (non-hydrogen) atoms. The second kappa shape index (κ2) is 4.67. The van der Waals surface area contributed by atoms with Crippen LogP contribution in [0.1, 0.15) is 20.8 Å². The minimum absolute atomic E-state index is 0.899. The Hall–Kier alpha value is -1.34. The molecule has 5 N–H and O–H groups in total. The molecule has 0 rings (SSSR count). The Morgan fingerprint density at radius 2 is 1.69 bits per heavy atom. The second-order valence-corrected chi connectivity index (χ2v) is 4.63. The molecule has 0 aliphatic heterocycles.